The summed E-state index contributed by atoms with van der Waals surface area (Å²) in [6.07, 6.45) is 4.93. The Hall–Kier alpha value is -2.99. The SMILES string of the molecule is CC.CC1CCN(c2ccc3c4c(c(-c5ncc(F)c6sc(N)c(C#N)c56)c(Cl)c3n2)COC4)C1.CCCC. The second-order valence-electron chi connectivity index (χ2n) is 9.66. The largest absolute Gasteiger partial charge is 0.389 e. The maximum atomic E-state index is 14.6. The summed E-state index contributed by atoms with van der Waals surface area (Å²) in [6.45, 7) is 13.3. The highest BCUT2D eigenvalue weighted by Gasteiger charge is 2.29. The second-order valence-corrected chi connectivity index (χ2v) is 11.1. The summed E-state index contributed by atoms with van der Waals surface area (Å²) in [5.74, 6) is 0.987. The lowest BCUT2D eigenvalue weighted by Gasteiger charge is -2.19. The zero-order valence-electron chi connectivity index (χ0n) is 23.2. The Bertz CT molecular complexity index is 1540. The summed E-state index contributed by atoms with van der Waals surface area (Å²) in [7, 11) is 0. The number of fused-ring (bicyclic) bond motifs is 4. The Morgan fingerprint density at radius 3 is 2.59 bits per heavy atom. The van der Waals surface area contributed by atoms with E-state index in [-0.39, 0.29) is 10.6 Å². The molecule has 6 nitrogen and oxygen atoms in total. The molecule has 2 aliphatic heterocycles. The van der Waals surface area contributed by atoms with Crippen LogP contribution in [-0.2, 0) is 18.0 Å². The highest BCUT2D eigenvalue weighted by atomic mass is 35.5. The first-order valence-electron chi connectivity index (χ1n) is 13.6. The molecule has 1 unspecified atom stereocenters. The van der Waals surface area contributed by atoms with Gasteiger partial charge in [0.1, 0.15) is 16.9 Å². The lowest BCUT2D eigenvalue weighted by Crippen LogP contribution is -2.20. The Kier molecular flexibility index (Phi) is 9.27. The average molecular weight is 568 g/mol. The minimum atomic E-state index is -0.514. The molecule has 39 heavy (non-hydrogen) atoms. The Morgan fingerprint density at radius 1 is 1.23 bits per heavy atom. The molecule has 1 fully saturated rings. The van der Waals surface area contributed by atoms with Gasteiger partial charge in [0, 0.05) is 29.4 Å². The van der Waals surface area contributed by atoms with Gasteiger partial charge in [-0.05, 0) is 35.6 Å². The quantitative estimate of drug-likeness (QED) is 0.267. The van der Waals surface area contributed by atoms with Gasteiger partial charge in [0.05, 0.1) is 45.9 Å². The van der Waals surface area contributed by atoms with E-state index in [0.717, 1.165) is 59.4 Å². The second kappa shape index (κ2) is 12.5. The van der Waals surface area contributed by atoms with E-state index in [1.807, 2.05) is 19.9 Å². The van der Waals surface area contributed by atoms with Crippen molar-refractivity contribution in [3.63, 3.8) is 0 Å². The van der Waals surface area contributed by atoms with E-state index in [9.17, 15) is 9.65 Å². The number of anilines is 2. The molecule has 1 saturated heterocycles. The van der Waals surface area contributed by atoms with Crippen LogP contribution < -0.4 is 10.6 Å². The maximum Gasteiger partial charge on any atom is 0.159 e. The van der Waals surface area contributed by atoms with Crippen LogP contribution in [0, 0.1) is 23.1 Å². The van der Waals surface area contributed by atoms with Crippen LogP contribution in [0.4, 0.5) is 15.2 Å². The average Bonchev–Trinajstić information content (AvgIpc) is 3.69. The van der Waals surface area contributed by atoms with Crippen LogP contribution in [0.3, 0.4) is 0 Å². The number of aromatic nitrogens is 2. The predicted octanol–water partition coefficient (Wildman–Crippen LogP) is 8.47. The van der Waals surface area contributed by atoms with Crippen molar-refractivity contribution in [3.05, 3.63) is 45.9 Å². The lowest BCUT2D eigenvalue weighted by atomic mass is 9.94. The van der Waals surface area contributed by atoms with E-state index < -0.39 is 5.82 Å². The summed E-state index contributed by atoms with van der Waals surface area (Å²) in [4.78, 5) is 11.6. The van der Waals surface area contributed by atoms with Gasteiger partial charge in [0.15, 0.2) is 5.82 Å². The molecule has 4 aromatic rings. The highest BCUT2D eigenvalue weighted by molar-refractivity contribution is 7.23. The fraction of sp³-hybridized carbons (Fsp3) is 0.433. The van der Waals surface area contributed by atoms with Crippen LogP contribution in [0.25, 0.3) is 32.2 Å². The van der Waals surface area contributed by atoms with Crippen LogP contribution >= 0.6 is 22.9 Å². The van der Waals surface area contributed by atoms with E-state index >= 15 is 0 Å². The topological polar surface area (TPSA) is 88.1 Å². The Morgan fingerprint density at radius 2 is 1.95 bits per heavy atom. The number of nitrogens with zero attached hydrogens (tertiary/aromatic N) is 4. The molecular formula is C30H35ClFN5OS. The zero-order valence-corrected chi connectivity index (χ0v) is 24.8. The third kappa shape index (κ3) is 5.28. The number of rotatable bonds is 3. The van der Waals surface area contributed by atoms with Gasteiger partial charge in [-0.1, -0.05) is 59.1 Å². The number of nitrogen functional groups attached to an aromatic ring is 1. The fourth-order valence-corrected chi connectivity index (χ4v) is 6.23. The molecule has 3 aromatic heterocycles. The summed E-state index contributed by atoms with van der Waals surface area (Å²) in [5, 5.41) is 11.7. The fourth-order valence-electron chi connectivity index (χ4n) is 4.96. The molecular weight excluding hydrogens is 533 g/mol. The molecule has 0 saturated carbocycles. The van der Waals surface area contributed by atoms with E-state index in [0.29, 0.717) is 51.0 Å². The number of thiophene rings is 1. The molecule has 206 valence electrons. The van der Waals surface area contributed by atoms with Crippen molar-refractivity contribution in [2.75, 3.05) is 23.7 Å². The molecule has 0 amide bonds. The first-order valence-corrected chi connectivity index (χ1v) is 14.8. The maximum absolute atomic E-state index is 14.6. The number of hydrogen-bond donors (Lipinski definition) is 1. The monoisotopic (exact) mass is 567 g/mol. The normalized spacial score (nSPS) is 15.9. The summed E-state index contributed by atoms with van der Waals surface area (Å²) >= 11 is 8.07. The van der Waals surface area contributed by atoms with Gasteiger partial charge in [0.25, 0.3) is 0 Å². The van der Waals surface area contributed by atoms with Gasteiger partial charge in [-0.2, -0.15) is 5.26 Å². The molecule has 6 rings (SSSR count). The van der Waals surface area contributed by atoms with Gasteiger partial charge in [-0.3, -0.25) is 4.98 Å². The van der Waals surface area contributed by atoms with Gasteiger partial charge in [-0.25, -0.2) is 9.37 Å². The van der Waals surface area contributed by atoms with Crippen molar-refractivity contribution in [1.29, 1.82) is 5.26 Å². The smallest absolute Gasteiger partial charge is 0.159 e. The van der Waals surface area contributed by atoms with Crippen molar-refractivity contribution in [2.45, 2.75) is 67.1 Å². The number of pyridine rings is 2. The van der Waals surface area contributed by atoms with Crippen molar-refractivity contribution in [1.82, 2.24) is 9.97 Å². The molecule has 0 radical (unpaired) electrons. The first kappa shape index (κ1) is 29.0. The summed E-state index contributed by atoms with van der Waals surface area (Å²) < 4.78 is 20.7. The van der Waals surface area contributed by atoms with Crippen LogP contribution in [0.5, 0.6) is 0 Å². The molecule has 0 aliphatic carbocycles. The lowest BCUT2D eigenvalue weighted by molar-refractivity contribution is 0.135. The zero-order chi connectivity index (χ0) is 28.3. The Balaban J connectivity index is 0.000000541. The van der Waals surface area contributed by atoms with Crippen molar-refractivity contribution >= 4 is 54.7 Å². The van der Waals surface area contributed by atoms with Crippen LogP contribution in [0.2, 0.25) is 5.02 Å². The van der Waals surface area contributed by atoms with Crippen LogP contribution in [-0.4, -0.2) is 23.1 Å². The molecule has 1 aromatic carbocycles. The minimum absolute atomic E-state index is 0.216. The van der Waals surface area contributed by atoms with Gasteiger partial charge in [-0.15, -0.1) is 11.3 Å². The first-order chi connectivity index (χ1) is 18.9. The molecule has 9 heteroatoms. The van der Waals surface area contributed by atoms with Gasteiger partial charge >= 0.3 is 0 Å². The number of ether oxygens (including phenoxy) is 1. The number of hydrogen-bond acceptors (Lipinski definition) is 7. The molecule has 0 spiro atoms. The third-order valence-corrected chi connectivity index (χ3v) is 8.48. The number of halogens is 2. The van der Waals surface area contributed by atoms with Crippen molar-refractivity contribution in [3.8, 4) is 17.3 Å². The highest BCUT2D eigenvalue weighted by Crippen LogP contribution is 2.47. The predicted molar refractivity (Wildman–Crippen MR) is 161 cm³/mol. The van der Waals surface area contributed by atoms with Gasteiger partial charge in [0.2, 0.25) is 0 Å². The molecule has 5 heterocycles. The van der Waals surface area contributed by atoms with E-state index in [4.69, 9.17) is 27.1 Å². The number of nitrogens with two attached hydrogens (primary N) is 1. The van der Waals surface area contributed by atoms with Crippen molar-refractivity contribution in [2.24, 2.45) is 5.92 Å². The van der Waals surface area contributed by atoms with Crippen molar-refractivity contribution < 1.29 is 9.13 Å². The summed E-state index contributed by atoms with van der Waals surface area (Å²) in [6, 6.07) is 6.21. The molecule has 1 atom stereocenters. The minimum Gasteiger partial charge on any atom is -0.389 e. The standard InChI is InChI=1S/C24H19ClFN5OS.C4H10.C2H6/c1-11-4-5-31(8-11)17-3-2-12-14-9-32-10-15(14)18(20(25)21(12)30-17)22-19-13(6-27)24(28)33-23(19)16(26)7-29-22;1-3-4-2;1-2/h2-3,7,11H,4-5,8-10,28H2,1H3;3-4H2,1-2H3;1-2H3. The summed E-state index contributed by atoms with van der Waals surface area (Å²) in [5.41, 5.74) is 9.89. The van der Waals surface area contributed by atoms with Crippen LogP contribution in [0.15, 0.2) is 18.3 Å². The van der Waals surface area contributed by atoms with Gasteiger partial charge < -0.3 is 15.4 Å². The number of benzene rings is 1. The Labute approximate surface area is 238 Å². The number of unbranched alkanes of at least 4 members (excludes halogenated alkanes) is 1. The van der Waals surface area contributed by atoms with E-state index in [2.05, 4.69) is 42.8 Å². The molecule has 0 bridgehead atoms. The third-order valence-electron chi connectivity index (χ3n) is 7.08. The van der Waals surface area contributed by atoms with Crippen LogP contribution in [0.1, 0.15) is 70.6 Å². The number of nitriles is 1. The molecule has 2 N–H and O–H groups in total. The molecule has 2 aliphatic rings. The van der Waals surface area contributed by atoms with E-state index in [1.54, 1.807) is 0 Å². The van der Waals surface area contributed by atoms with E-state index in [1.165, 1.54) is 12.8 Å².